The Bertz CT molecular complexity index is 1130. The van der Waals surface area contributed by atoms with E-state index in [9.17, 15) is 27.6 Å². The maximum atomic E-state index is 13.4. The molecule has 2 aromatic rings. The number of carbonyl (C=O) groups excluding carboxylic acids is 3. The number of imide groups is 1. The number of anilines is 1. The first kappa shape index (κ1) is 22.9. The van der Waals surface area contributed by atoms with Crippen LogP contribution in [-0.2, 0) is 27.0 Å². The molecule has 5 nitrogen and oxygen atoms in total. The number of hydrogen-bond donors (Lipinski definition) is 1. The minimum atomic E-state index is -4.62. The number of halogens is 4. The van der Waals surface area contributed by atoms with E-state index >= 15 is 0 Å². The van der Waals surface area contributed by atoms with Crippen molar-refractivity contribution < 1.29 is 27.6 Å². The topological polar surface area (TPSA) is 66.5 Å². The monoisotopic (exact) mass is 490 g/mol. The van der Waals surface area contributed by atoms with E-state index in [1.165, 1.54) is 0 Å². The van der Waals surface area contributed by atoms with E-state index in [0.717, 1.165) is 47.9 Å². The lowest BCUT2D eigenvalue weighted by molar-refractivity contribution is -0.147. The molecule has 0 unspecified atom stereocenters. The van der Waals surface area contributed by atoms with Gasteiger partial charge >= 0.3 is 6.18 Å². The van der Waals surface area contributed by atoms with Crippen molar-refractivity contribution in [3.63, 3.8) is 0 Å². The fourth-order valence-corrected chi connectivity index (χ4v) is 6.06. The first-order valence-corrected chi connectivity index (χ1v) is 11.6. The molecular weight excluding hydrogens is 469 g/mol. The molecule has 2 saturated carbocycles. The number of amides is 3. The normalized spacial score (nSPS) is 26.6. The van der Waals surface area contributed by atoms with Crippen molar-refractivity contribution in [1.29, 1.82) is 0 Å². The Morgan fingerprint density at radius 1 is 1.03 bits per heavy atom. The zero-order valence-corrected chi connectivity index (χ0v) is 18.8. The maximum absolute atomic E-state index is 13.4. The highest BCUT2D eigenvalue weighted by Crippen LogP contribution is 2.56. The molecule has 0 spiro atoms. The highest BCUT2D eigenvalue weighted by atomic mass is 35.5. The van der Waals surface area contributed by atoms with Gasteiger partial charge in [0.2, 0.25) is 17.7 Å². The Morgan fingerprint density at radius 2 is 1.65 bits per heavy atom. The van der Waals surface area contributed by atoms with Gasteiger partial charge in [-0.15, -0.1) is 0 Å². The SMILES string of the molecule is O=C(Nc1cc(C(F)(F)F)ccc1Cl)[C@H](Cc1ccccc1)N1C(=O)[C@@H]2[C@H]3CC[C@@H](C3)[C@@H]2C1=O. The number of carbonyl (C=O) groups is 3. The summed E-state index contributed by atoms with van der Waals surface area (Å²) in [6, 6.07) is 10.3. The second kappa shape index (κ2) is 8.41. The maximum Gasteiger partial charge on any atom is 0.416 e. The molecule has 1 aliphatic heterocycles. The molecule has 178 valence electrons. The smallest absolute Gasteiger partial charge is 0.323 e. The molecule has 3 fully saturated rings. The van der Waals surface area contributed by atoms with Crippen molar-refractivity contribution in [3.05, 3.63) is 64.7 Å². The number of rotatable bonds is 5. The molecular formula is C25H22ClF3N2O3. The van der Waals surface area contributed by atoms with Gasteiger partial charge in [0, 0.05) is 6.42 Å². The van der Waals surface area contributed by atoms with Crippen LogP contribution >= 0.6 is 11.6 Å². The van der Waals surface area contributed by atoms with Crippen LogP contribution in [0.25, 0.3) is 0 Å². The van der Waals surface area contributed by atoms with Gasteiger partial charge in [-0.3, -0.25) is 19.3 Å². The van der Waals surface area contributed by atoms with Crippen LogP contribution in [0.4, 0.5) is 18.9 Å². The van der Waals surface area contributed by atoms with Crippen LogP contribution in [-0.4, -0.2) is 28.7 Å². The second-order valence-corrected chi connectivity index (χ2v) is 9.73. The minimum absolute atomic E-state index is 0.0511. The predicted octanol–water partition coefficient (Wildman–Crippen LogP) is 4.94. The summed E-state index contributed by atoms with van der Waals surface area (Å²) in [7, 11) is 0. The number of nitrogens with one attached hydrogen (secondary N) is 1. The molecule has 5 rings (SSSR count). The summed E-state index contributed by atoms with van der Waals surface area (Å²) in [5, 5.41) is 2.37. The van der Waals surface area contributed by atoms with Crippen LogP contribution in [0.1, 0.15) is 30.4 Å². The first-order chi connectivity index (χ1) is 16.1. The molecule has 2 aromatic carbocycles. The summed E-state index contributed by atoms with van der Waals surface area (Å²) in [5.74, 6) is -1.98. The summed E-state index contributed by atoms with van der Waals surface area (Å²) in [6.07, 6.45) is -1.92. The molecule has 2 aliphatic carbocycles. The van der Waals surface area contributed by atoms with E-state index in [0.29, 0.717) is 0 Å². The third-order valence-electron chi connectivity index (χ3n) is 7.40. The quantitative estimate of drug-likeness (QED) is 0.604. The number of alkyl halides is 3. The Morgan fingerprint density at radius 3 is 2.24 bits per heavy atom. The molecule has 1 N–H and O–H groups in total. The van der Waals surface area contributed by atoms with Crippen LogP contribution in [0.2, 0.25) is 5.02 Å². The summed E-state index contributed by atoms with van der Waals surface area (Å²) < 4.78 is 39.6. The van der Waals surface area contributed by atoms with Gasteiger partial charge in [0.1, 0.15) is 6.04 Å². The van der Waals surface area contributed by atoms with E-state index < -0.39 is 35.5 Å². The van der Waals surface area contributed by atoms with E-state index in [1.807, 2.05) is 0 Å². The third kappa shape index (κ3) is 3.87. The van der Waals surface area contributed by atoms with Gasteiger partial charge in [-0.25, -0.2) is 0 Å². The van der Waals surface area contributed by atoms with Crippen molar-refractivity contribution >= 4 is 35.0 Å². The fraction of sp³-hybridized carbons (Fsp3) is 0.400. The molecule has 1 saturated heterocycles. The van der Waals surface area contributed by atoms with Crippen LogP contribution < -0.4 is 5.32 Å². The Kier molecular flexibility index (Phi) is 5.67. The molecule has 1 heterocycles. The fourth-order valence-electron chi connectivity index (χ4n) is 5.89. The van der Waals surface area contributed by atoms with E-state index in [4.69, 9.17) is 11.6 Å². The molecule has 9 heteroatoms. The van der Waals surface area contributed by atoms with Gasteiger partial charge in [-0.05, 0) is 54.9 Å². The standard InChI is InChI=1S/C25H22ClF3N2O3/c26-17-9-8-16(25(27,28)29)12-18(17)30-22(32)19(10-13-4-2-1-3-5-13)31-23(33)20-14-6-7-15(11-14)21(20)24(31)34/h1-5,8-9,12,14-15,19-21H,6-7,10-11H2,(H,30,32)/t14-,15-,19-,20-,21+/m0/s1. The van der Waals surface area contributed by atoms with Gasteiger partial charge in [0.25, 0.3) is 0 Å². The number of hydrogen-bond acceptors (Lipinski definition) is 3. The van der Waals surface area contributed by atoms with Crippen LogP contribution in [0.5, 0.6) is 0 Å². The summed E-state index contributed by atoms with van der Waals surface area (Å²) in [6.45, 7) is 0. The van der Waals surface area contributed by atoms with Crippen molar-refractivity contribution in [2.24, 2.45) is 23.7 Å². The molecule has 5 atom stereocenters. The van der Waals surface area contributed by atoms with Crippen LogP contribution in [0.3, 0.4) is 0 Å². The largest absolute Gasteiger partial charge is 0.416 e. The lowest BCUT2D eigenvalue weighted by Crippen LogP contribution is -2.49. The number of likely N-dealkylation sites (tertiary alicyclic amines) is 1. The molecule has 34 heavy (non-hydrogen) atoms. The van der Waals surface area contributed by atoms with Crippen molar-refractivity contribution in [2.75, 3.05) is 5.32 Å². The average molecular weight is 491 g/mol. The van der Waals surface area contributed by atoms with Gasteiger partial charge in [-0.1, -0.05) is 41.9 Å². The minimum Gasteiger partial charge on any atom is -0.323 e. The molecule has 2 bridgehead atoms. The number of benzene rings is 2. The number of nitrogens with zero attached hydrogens (tertiary/aromatic N) is 1. The van der Waals surface area contributed by atoms with Crippen molar-refractivity contribution in [2.45, 2.75) is 37.9 Å². The molecule has 0 aromatic heterocycles. The summed E-state index contributed by atoms with van der Waals surface area (Å²) >= 11 is 6.07. The van der Waals surface area contributed by atoms with Gasteiger partial charge in [0.15, 0.2) is 0 Å². The zero-order chi connectivity index (χ0) is 24.2. The zero-order valence-electron chi connectivity index (χ0n) is 18.0. The number of fused-ring (bicyclic) bond motifs is 5. The highest BCUT2D eigenvalue weighted by Gasteiger charge is 2.62. The summed E-state index contributed by atoms with van der Waals surface area (Å²) in [5.41, 5.74) is -0.469. The predicted molar refractivity (Wildman–Crippen MR) is 119 cm³/mol. The van der Waals surface area contributed by atoms with Gasteiger partial charge in [0.05, 0.1) is 28.1 Å². The Hall–Kier alpha value is -2.87. The third-order valence-corrected chi connectivity index (χ3v) is 7.73. The average Bonchev–Trinajstić information content (AvgIpc) is 3.47. The van der Waals surface area contributed by atoms with E-state index in [-0.39, 0.29) is 40.8 Å². The van der Waals surface area contributed by atoms with Crippen LogP contribution in [0.15, 0.2) is 48.5 Å². The molecule has 0 radical (unpaired) electrons. The van der Waals surface area contributed by atoms with E-state index in [2.05, 4.69) is 5.32 Å². The Balaban J connectivity index is 1.47. The lowest BCUT2D eigenvalue weighted by atomic mass is 9.81. The van der Waals surface area contributed by atoms with Gasteiger partial charge in [-0.2, -0.15) is 13.2 Å². The van der Waals surface area contributed by atoms with Crippen molar-refractivity contribution in [1.82, 2.24) is 4.90 Å². The van der Waals surface area contributed by atoms with Crippen LogP contribution in [0, 0.1) is 23.7 Å². The summed E-state index contributed by atoms with van der Waals surface area (Å²) in [4.78, 5) is 41.2. The van der Waals surface area contributed by atoms with E-state index in [1.54, 1.807) is 30.3 Å². The molecule has 3 amide bonds. The molecule has 3 aliphatic rings. The lowest BCUT2D eigenvalue weighted by Gasteiger charge is -2.27. The second-order valence-electron chi connectivity index (χ2n) is 9.32. The highest BCUT2D eigenvalue weighted by molar-refractivity contribution is 6.33. The van der Waals surface area contributed by atoms with Crippen molar-refractivity contribution in [3.8, 4) is 0 Å². The Labute approximate surface area is 199 Å². The first-order valence-electron chi connectivity index (χ1n) is 11.2. The van der Waals surface area contributed by atoms with Gasteiger partial charge < -0.3 is 5.32 Å².